The minimum Gasteiger partial charge on any atom is -0.384 e. The summed E-state index contributed by atoms with van der Waals surface area (Å²) in [5.41, 5.74) is -0.577. The highest BCUT2D eigenvalue weighted by Crippen LogP contribution is 2.50. The average Bonchev–Trinajstić information content (AvgIpc) is 2.45. The maximum atomic E-state index is 10.3. The summed E-state index contributed by atoms with van der Waals surface area (Å²) in [4.78, 5) is 1.03. The summed E-state index contributed by atoms with van der Waals surface area (Å²) in [7, 11) is 0. The van der Waals surface area contributed by atoms with E-state index < -0.39 is 5.60 Å². The lowest BCUT2D eigenvalue weighted by molar-refractivity contribution is -0.0905. The van der Waals surface area contributed by atoms with Crippen LogP contribution in [-0.4, -0.2) is 5.11 Å². The highest BCUT2D eigenvalue weighted by Gasteiger charge is 2.45. The fraction of sp³-hybridized carbons (Fsp3) is 0.636. The van der Waals surface area contributed by atoms with E-state index in [1.165, 1.54) is 11.3 Å². The van der Waals surface area contributed by atoms with E-state index in [-0.39, 0.29) is 0 Å². The van der Waals surface area contributed by atoms with Gasteiger partial charge in [0.1, 0.15) is 0 Å². The lowest BCUT2D eigenvalue weighted by Crippen LogP contribution is -2.42. The van der Waals surface area contributed by atoms with E-state index in [0.717, 1.165) is 22.1 Å². The maximum Gasteiger partial charge on any atom is 0.0993 e. The third-order valence-electron chi connectivity index (χ3n) is 3.17. The van der Waals surface area contributed by atoms with Gasteiger partial charge in [-0.25, -0.2) is 0 Å². The lowest BCUT2D eigenvalue weighted by Gasteiger charge is -2.45. The van der Waals surface area contributed by atoms with Crippen LogP contribution in [0.1, 0.15) is 31.6 Å². The molecule has 0 spiro atoms. The molecule has 0 radical (unpaired) electrons. The highest BCUT2D eigenvalue weighted by atomic mass is 35.5. The smallest absolute Gasteiger partial charge is 0.0993 e. The first-order chi connectivity index (χ1) is 6.51. The average molecular weight is 231 g/mol. The molecule has 1 N–H and O–H groups in total. The Labute approximate surface area is 93.7 Å². The Morgan fingerprint density at radius 1 is 1.50 bits per heavy atom. The molecular weight excluding hydrogens is 216 g/mol. The monoisotopic (exact) mass is 230 g/mol. The van der Waals surface area contributed by atoms with E-state index in [1.54, 1.807) is 0 Å². The first-order valence-electron chi connectivity index (χ1n) is 4.99. The van der Waals surface area contributed by atoms with E-state index in [1.807, 2.05) is 12.1 Å². The Morgan fingerprint density at radius 3 is 2.57 bits per heavy atom. The molecule has 0 aromatic carbocycles. The van der Waals surface area contributed by atoms with Crippen LogP contribution in [0.3, 0.4) is 0 Å². The third kappa shape index (κ3) is 1.71. The van der Waals surface area contributed by atoms with Crippen molar-refractivity contribution in [1.82, 2.24) is 0 Å². The second-order valence-corrected chi connectivity index (χ2v) is 6.26. The molecule has 3 heteroatoms. The van der Waals surface area contributed by atoms with Crippen LogP contribution >= 0.6 is 22.9 Å². The van der Waals surface area contributed by atoms with Crippen molar-refractivity contribution < 1.29 is 5.11 Å². The summed E-state index contributed by atoms with van der Waals surface area (Å²) < 4.78 is 0.765. The van der Waals surface area contributed by atoms with Gasteiger partial charge in [-0.1, -0.05) is 25.4 Å². The molecule has 1 aliphatic rings. The van der Waals surface area contributed by atoms with Crippen molar-refractivity contribution in [1.29, 1.82) is 0 Å². The molecule has 1 aromatic rings. The Hall–Kier alpha value is -0.0500. The Morgan fingerprint density at radius 2 is 2.14 bits per heavy atom. The molecule has 0 aliphatic heterocycles. The van der Waals surface area contributed by atoms with Crippen LogP contribution in [0.4, 0.5) is 0 Å². The second-order valence-electron chi connectivity index (χ2n) is 4.55. The lowest BCUT2D eigenvalue weighted by atomic mass is 9.66. The molecule has 1 saturated carbocycles. The van der Waals surface area contributed by atoms with Gasteiger partial charge in [0.25, 0.3) is 0 Å². The zero-order valence-corrected chi connectivity index (χ0v) is 10.0. The number of aliphatic hydroxyl groups is 1. The van der Waals surface area contributed by atoms with Gasteiger partial charge in [-0.05, 0) is 36.8 Å². The van der Waals surface area contributed by atoms with Crippen LogP contribution < -0.4 is 0 Å². The molecule has 0 bridgehead atoms. The van der Waals surface area contributed by atoms with E-state index in [9.17, 15) is 5.11 Å². The fourth-order valence-corrected chi connectivity index (χ4v) is 3.20. The van der Waals surface area contributed by atoms with Crippen LogP contribution in [0.5, 0.6) is 0 Å². The summed E-state index contributed by atoms with van der Waals surface area (Å²) in [5.74, 6) is 1.34. The molecule has 78 valence electrons. The first-order valence-corrected chi connectivity index (χ1v) is 6.19. The standard InChI is InChI=1S/C11H15ClOS/c1-7(2)8-5-11(13,6-8)9-3-4-10(12)14-9/h3-4,7-8,13H,5-6H2,1-2H3. The van der Waals surface area contributed by atoms with Gasteiger partial charge in [-0.2, -0.15) is 0 Å². The number of thiophene rings is 1. The van der Waals surface area contributed by atoms with Gasteiger partial charge >= 0.3 is 0 Å². The summed E-state index contributed by atoms with van der Waals surface area (Å²) >= 11 is 7.35. The Kier molecular flexibility index (Phi) is 2.63. The molecule has 0 unspecified atom stereocenters. The Balaban J connectivity index is 2.07. The van der Waals surface area contributed by atoms with Crippen molar-refractivity contribution in [3.63, 3.8) is 0 Å². The van der Waals surface area contributed by atoms with Crippen LogP contribution in [0.25, 0.3) is 0 Å². The van der Waals surface area contributed by atoms with Crippen LogP contribution in [0, 0.1) is 11.8 Å². The molecule has 1 nitrogen and oxygen atoms in total. The van der Waals surface area contributed by atoms with Crippen molar-refractivity contribution >= 4 is 22.9 Å². The molecule has 1 heterocycles. The van der Waals surface area contributed by atoms with Crippen LogP contribution in [0.2, 0.25) is 4.34 Å². The van der Waals surface area contributed by atoms with Crippen molar-refractivity contribution in [2.75, 3.05) is 0 Å². The summed E-state index contributed by atoms with van der Waals surface area (Å²) in [6.07, 6.45) is 1.78. The minimum absolute atomic E-state index is 0.577. The van der Waals surface area contributed by atoms with Crippen molar-refractivity contribution in [2.45, 2.75) is 32.3 Å². The van der Waals surface area contributed by atoms with Gasteiger partial charge in [-0.15, -0.1) is 11.3 Å². The molecular formula is C11H15ClOS. The summed E-state index contributed by atoms with van der Waals surface area (Å²) in [5, 5.41) is 10.3. The van der Waals surface area contributed by atoms with Crippen molar-refractivity contribution in [3.8, 4) is 0 Å². The van der Waals surface area contributed by atoms with Crippen molar-refractivity contribution in [3.05, 3.63) is 21.3 Å². The van der Waals surface area contributed by atoms with Gasteiger partial charge in [0.15, 0.2) is 0 Å². The van der Waals surface area contributed by atoms with Gasteiger partial charge in [0.2, 0.25) is 0 Å². The molecule has 14 heavy (non-hydrogen) atoms. The van der Waals surface area contributed by atoms with Gasteiger partial charge in [0.05, 0.1) is 9.94 Å². The normalized spacial score (nSPS) is 31.9. The van der Waals surface area contributed by atoms with E-state index in [4.69, 9.17) is 11.6 Å². The quantitative estimate of drug-likeness (QED) is 0.822. The number of hydrogen-bond donors (Lipinski definition) is 1. The zero-order valence-electron chi connectivity index (χ0n) is 8.46. The molecule has 0 amide bonds. The van der Waals surface area contributed by atoms with E-state index >= 15 is 0 Å². The van der Waals surface area contributed by atoms with E-state index in [0.29, 0.717) is 11.8 Å². The van der Waals surface area contributed by atoms with Gasteiger partial charge < -0.3 is 5.11 Å². The van der Waals surface area contributed by atoms with Gasteiger partial charge in [-0.3, -0.25) is 0 Å². The Bertz CT molecular complexity index is 326. The SMILES string of the molecule is CC(C)C1CC(O)(c2ccc(Cl)s2)C1. The summed E-state index contributed by atoms with van der Waals surface area (Å²) in [6, 6.07) is 3.81. The maximum absolute atomic E-state index is 10.3. The van der Waals surface area contributed by atoms with E-state index in [2.05, 4.69) is 13.8 Å². The molecule has 1 fully saturated rings. The predicted octanol–water partition coefficient (Wildman–Crippen LogP) is 3.66. The van der Waals surface area contributed by atoms with Crippen molar-refractivity contribution in [2.24, 2.45) is 11.8 Å². The molecule has 2 rings (SSSR count). The summed E-state index contributed by atoms with van der Waals surface area (Å²) in [6.45, 7) is 4.43. The number of hydrogen-bond acceptors (Lipinski definition) is 2. The highest BCUT2D eigenvalue weighted by molar-refractivity contribution is 7.16. The molecule has 0 atom stereocenters. The molecule has 1 aromatic heterocycles. The third-order valence-corrected chi connectivity index (χ3v) is 4.60. The number of rotatable bonds is 2. The molecule has 1 aliphatic carbocycles. The zero-order chi connectivity index (χ0) is 10.3. The van der Waals surface area contributed by atoms with Crippen LogP contribution in [0.15, 0.2) is 12.1 Å². The topological polar surface area (TPSA) is 20.2 Å². The molecule has 0 saturated heterocycles. The predicted molar refractivity (Wildman–Crippen MR) is 60.8 cm³/mol. The van der Waals surface area contributed by atoms with Crippen LogP contribution in [-0.2, 0) is 5.60 Å². The first kappa shape index (κ1) is 10.5. The fourth-order valence-electron chi connectivity index (χ4n) is 2.04. The van der Waals surface area contributed by atoms with Gasteiger partial charge in [0, 0.05) is 4.88 Å². The second kappa shape index (κ2) is 3.51. The largest absolute Gasteiger partial charge is 0.384 e. The minimum atomic E-state index is -0.577. The number of halogens is 1.